The molecule has 4 rings (SSSR count). The molecule has 122 valence electrons. The molecule has 0 bridgehead atoms. The van der Waals surface area contributed by atoms with E-state index < -0.39 is 5.97 Å². The van der Waals surface area contributed by atoms with Gasteiger partial charge in [-0.1, -0.05) is 19.1 Å². The fourth-order valence-electron chi connectivity index (χ4n) is 3.20. The van der Waals surface area contributed by atoms with Crippen molar-refractivity contribution in [2.24, 2.45) is 5.92 Å². The Balaban J connectivity index is 1.73. The lowest BCUT2D eigenvalue weighted by atomic mass is 9.89. The highest BCUT2D eigenvalue weighted by Crippen LogP contribution is 2.40. The maximum Gasteiger partial charge on any atom is 0.142 e. The summed E-state index contributed by atoms with van der Waals surface area (Å²) < 4.78 is 0. The van der Waals surface area contributed by atoms with Crippen molar-refractivity contribution in [1.29, 1.82) is 0 Å². The zero-order valence-corrected chi connectivity index (χ0v) is 14.0. The number of nitrogens with one attached hydrogen (secondary N) is 1. The van der Waals surface area contributed by atoms with Crippen molar-refractivity contribution < 1.29 is 9.90 Å². The van der Waals surface area contributed by atoms with E-state index in [2.05, 4.69) is 22.2 Å². The number of aromatic carboxylic acids is 1. The average Bonchev–Trinajstić information content (AvgIpc) is 2.93. The molecule has 1 aliphatic rings. The fourth-order valence-corrected chi connectivity index (χ4v) is 4.55. The van der Waals surface area contributed by atoms with Crippen molar-refractivity contribution in [1.82, 2.24) is 9.97 Å². The lowest BCUT2D eigenvalue weighted by Crippen LogP contribution is -2.21. The van der Waals surface area contributed by atoms with E-state index in [9.17, 15) is 9.90 Å². The van der Waals surface area contributed by atoms with Gasteiger partial charge >= 0.3 is 0 Å². The minimum absolute atomic E-state index is 0.162. The van der Waals surface area contributed by atoms with Gasteiger partial charge in [-0.3, -0.25) is 0 Å². The van der Waals surface area contributed by atoms with Crippen LogP contribution in [0.15, 0.2) is 30.6 Å². The first-order chi connectivity index (χ1) is 11.6. The first kappa shape index (κ1) is 15.1. The number of thiophene rings is 1. The first-order valence-electron chi connectivity index (χ1n) is 7.95. The lowest BCUT2D eigenvalue weighted by Gasteiger charge is -2.18. The number of carbonyl (C=O) groups is 1. The number of carboxylic acids is 1. The second kappa shape index (κ2) is 5.87. The first-order valence-corrected chi connectivity index (χ1v) is 8.77. The van der Waals surface area contributed by atoms with Gasteiger partial charge in [0.05, 0.1) is 11.4 Å². The number of aryl methyl sites for hydroxylation is 1. The van der Waals surface area contributed by atoms with Crippen LogP contribution in [0.1, 0.15) is 34.1 Å². The van der Waals surface area contributed by atoms with Crippen molar-refractivity contribution in [2.75, 3.05) is 5.32 Å². The summed E-state index contributed by atoms with van der Waals surface area (Å²) in [7, 11) is 0. The van der Waals surface area contributed by atoms with Crippen LogP contribution in [0.5, 0.6) is 0 Å². The fraction of sp³-hybridized carbons (Fsp3) is 0.278. The van der Waals surface area contributed by atoms with E-state index >= 15 is 0 Å². The monoisotopic (exact) mass is 338 g/mol. The van der Waals surface area contributed by atoms with Crippen LogP contribution in [-0.2, 0) is 12.8 Å². The SMILES string of the molecule is C[C@@H]1CCc2c(sc3ncnc(Nc4ccc(C(=O)[O-])cc4)c23)C1. The Morgan fingerprint density at radius 1 is 1.29 bits per heavy atom. The van der Waals surface area contributed by atoms with E-state index in [4.69, 9.17) is 0 Å². The third-order valence-electron chi connectivity index (χ3n) is 4.48. The number of carboxylic acid groups (broad SMARTS) is 1. The molecule has 1 aliphatic carbocycles. The van der Waals surface area contributed by atoms with Gasteiger partial charge in [0.25, 0.3) is 0 Å². The van der Waals surface area contributed by atoms with Gasteiger partial charge in [-0.25, -0.2) is 9.97 Å². The highest BCUT2D eigenvalue weighted by atomic mass is 32.1. The molecule has 2 heterocycles. The average molecular weight is 338 g/mol. The van der Waals surface area contributed by atoms with E-state index in [0.717, 1.165) is 34.6 Å². The number of hydrogen-bond donors (Lipinski definition) is 1. The molecule has 2 aromatic heterocycles. The van der Waals surface area contributed by atoms with Crippen LogP contribution in [0.4, 0.5) is 11.5 Å². The topological polar surface area (TPSA) is 77.9 Å². The van der Waals surface area contributed by atoms with E-state index in [1.165, 1.54) is 29.0 Å². The predicted molar refractivity (Wildman–Crippen MR) is 92.7 cm³/mol. The molecule has 0 radical (unpaired) electrons. The van der Waals surface area contributed by atoms with Gasteiger partial charge in [0.2, 0.25) is 0 Å². The molecule has 0 saturated carbocycles. The number of fused-ring (bicyclic) bond motifs is 3. The maximum atomic E-state index is 10.8. The van der Waals surface area contributed by atoms with Crippen LogP contribution in [0, 0.1) is 5.92 Å². The zero-order chi connectivity index (χ0) is 16.7. The Bertz CT molecular complexity index is 918. The summed E-state index contributed by atoms with van der Waals surface area (Å²) >= 11 is 1.76. The largest absolute Gasteiger partial charge is 0.545 e. The second-order valence-electron chi connectivity index (χ2n) is 6.24. The highest BCUT2D eigenvalue weighted by Gasteiger charge is 2.23. The van der Waals surface area contributed by atoms with Crippen LogP contribution in [0.25, 0.3) is 10.2 Å². The summed E-state index contributed by atoms with van der Waals surface area (Å²) in [6.45, 7) is 2.29. The number of aromatic nitrogens is 2. The van der Waals surface area contributed by atoms with E-state index in [0.29, 0.717) is 5.92 Å². The molecule has 3 aromatic rings. The Kier molecular flexibility index (Phi) is 3.69. The number of carbonyl (C=O) groups excluding carboxylic acids is 1. The normalized spacial score (nSPS) is 16.8. The van der Waals surface area contributed by atoms with Crippen LogP contribution in [0.2, 0.25) is 0 Å². The predicted octanol–water partition coefficient (Wildman–Crippen LogP) is 2.92. The molecule has 1 aromatic carbocycles. The number of anilines is 2. The number of hydrogen-bond acceptors (Lipinski definition) is 6. The molecular formula is C18H16N3O2S-. The molecule has 24 heavy (non-hydrogen) atoms. The molecule has 1 N–H and O–H groups in total. The molecule has 0 fully saturated rings. The quantitative estimate of drug-likeness (QED) is 0.794. The lowest BCUT2D eigenvalue weighted by molar-refractivity contribution is -0.255. The smallest absolute Gasteiger partial charge is 0.142 e. The van der Waals surface area contributed by atoms with Crippen LogP contribution in [0.3, 0.4) is 0 Å². The van der Waals surface area contributed by atoms with Gasteiger partial charge in [0.15, 0.2) is 0 Å². The summed E-state index contributed by atoms with van der Waals surface area (Å²) in [5.41, 5.74) is 2.32. The minimum Gasteiger partial charge on any atom is -0.545 e. The number of rotatable bonds is 3. The summed E-state index contributed by atoms with van der Waals surface area (Å²) in [4.78, 5) is 22.1. The van der Waals surface area contributed by atoms with Crippen molar-refractivity contribution in [2.45, 2.75) is 26.2 Å². The molecule has 0 amide bonds. The third-order valence-corrected chi connectivity index (χ3v) is 5.64. The van der Waals surface area contributed by atoms with E-state index in [-0.39, 0.29) is 5.56 Å². The van der Waals surface area contributed by atoms with Crippen molar-refractivity contribution in [3.63, 3.8) is 0 Å². The Labute approximate surface area is 143 Å². The summed E-state index contributed by atoms with van der Waals surface area (Å²) in [6, 6.07) is 6.50. The molecule has 0 spiro atoms. The Morgan fingerprint density at radius 2 is 2.08 bits per heavy atom. The van der Waals surface area contributed by atoms with Gasteiger partial charge in [-0.2, -0.15) is 0 Å². The molecule has 6 heteroatoms. The van der Waals surface area contributed by atoms with E-state index in [1.807, 2.05) is 0 Å². The van der Waals surface area contributed by atoms with Gasteiger partial charge < -0.3 is 15.2 Å². The maximum absolute atomic E-state index is 10.8. The van der Waals surface area contributed by atoms with Crippen molar-refractivity contribution in [3.8, 4) is 0 Å². The van der Waals surface area contributed by atoms with Gasteiger partial charge in [0.1, 0.15) is 17.0 Å². The molecule has 0 saturated heterocycles. The van der Waals surface area contributed by atoms with Gasteiger partial charge in [0, 0.05) is 10.6 Å². The summed E-state index contributed by atoms with van der Waals surface area (Å²) in [6.07, 6.45) is 4.93. The summed E-state index contributed by atoms with van der Waals surface area (Å²) in [5, 5.41) is 15.3. The molecule has 5 nitrogen and oxygen atoms in total. The molecule has 0 aliphatic heterocycles. The third kappa shape index (κ3) is 2.63. The summed E-state index contributed by atoms with van der Waals surface area (Å²) in [5.74, 6) is 0.326. The highest BCUT2D eigenvalue weighted by molar-refractivity contribution is 7.19. The number of nitrogens with zero attached hydrogens (tertiary/aromatic N) is 2. The molecule has 1 atom stereocenters. The molecular weight excluding hydrogens is 322 g/mol. The zero-order valence-electron chi connectivity index (χ0n) is 13.2. The minimum atomic E-state index is -1.17. The standard InChI is InChI=1S/C18H17N3O2S/c1-10-2-7-13-14(8-10)24-17-15(13)16(19-9-20-17)21-12-5-3-11(4-6-12)18(22)23/h3-6,9-10H,2,7-8H2,1H3,(H,22,23)(H,19,20,21)/p-1/t10-/m1/s1. The second-order valence-corrected chi connectivity index (χ2v) is 7.33. The molecule has 0 unspecified atom stereocenters. The van der Waals surface area contributed by atoms with Gasteiger partial charge in [-0.05, 0) is 48.4 Å². The number of benzene rings is 1. The Hall–Kier alpha value is -2.47. The van der Waals surface area contributed by atoms with Crippen LogP contribution >= 0.6 is 11.3 Å². The van der Waals surface area contributed by atoms with Crippen LogP contribution in [-0.4, -0.2) is 15.9 Å². The van der Waals surface area contributed by atoms with E-state index in [1.54, 1.807) is 29.8 Å². The van der Waals surface area contributed by atoms with Crippen molar-refractivity contribution >= 4 is 39.0 Å². The Morgan fingerprint density at radius 3 is 2.83 bits per heavy atom. The van der Waals surface area contributed by atoms with Gasteiger partial charge in [-0.15, -0.1) is 11.3 Å². The van der Waals surface area contributed by atoms with Crippen LogP contribution < -0.4 is 10.4 Å². The van der Waals surface area contributed by atoms with Crippen molar-refractivity contribution in [3.05, 3.63) is 46.6 Å².